The van der Waals surface area contributed by atoms with Gasteiger partial charge in [-0.2, -0.15) is 5.10 Å². The monoisotopic (exact) mass is 278 g/mol. The molecule has 2 rings (SSSR count). The van der Waals surface area contributed by atoms with E-state index >= 15 is 0 Å². The van der Waals surface area contributed by atoms with Crippen molar-refractivity contribution in [3.8, 4) is 0 Å². The largest absolute Gasteiger partial charge is 0.360 e. The minimum atomic E-state index is -0.388. The molecule has 108 valence electrons. The summed E-state index contributed by atoms with van der Waals surface area (Å²) >= 11 is 0. The average Bonchev–Trinajstić information content (AvgIpc) is 2.97. The highest BCUT2D eigenvalue weighted by Crippen LogP contribution is 2.28. The zero-order chi connectivity index (χ0) is 14.7. The summed E-state index contributed by atoms with van der Waals surface area (Å²) in [5, 5.41) is 18.5. The van der Waals surface area contributed by atoms with Crippen molar-refractivity contribution < 1.29 is 4.92 Å². The Labute approximate surface area is 116 Å². The van der Waals surface area contributed by atoms with Crippen LogP contribution in [0.1, 0.15) is 19.5 Å². The Bertz CT molecular complexity index is 589. The molecular weight excluding hydrogens is 260 g/mol. The average molecular weight is 278 g/mol. The molecule has 0 aliphatic heterocycles. The summed E-state index contributed by atoms with van der Waals surface area (Å²) in [5.74, 6) is 0.461. The molecule has 0 aliphatic rings. The smallest absolute Gasteiger partial charge is 0.333 e. The fraction of sp³-hybridized carbons (Fsp3) is 0.500. The lowest BCUT2D eigenvalue weighted by Gasteiger charge is -2.15. The van der Waals surface area contributed by atoms with Gasteiger partial charge in [0.05, 0.1) is 11.3 Å². The number of aromatic nitrogens is 4. The zero-order valence-corrected chi connectivity index (χ0v) is 11.8. The first kappa shape index (κ1) is 14.0. The lowest BCUT2D eigenvalue weighted by atomic mass is 10.3. The van der Waals surface area contributed by atoms with Gasteiger partial charge in [-0.1, -0.05) is 0 Å². The fourth-order valence-corrected chi connectivity index (χ4v) is 2.15. The van der Waals surface area contributed by atoms with Crippen LogP contribution in [0, 0.1) is 17.0 Å². The van der Waals surface area contributed by atoms with E-state index in [-0.39, 0.29) is 16.7 Å². The van der Waals surface area contributed by atoms with Crippen molar-refractivity contribution in [2.75, 3.05) is 5.32 Å². The van der Waals surface area contributed by atoms with Gasteiger partial charge in [-0.15, -0.1) is 0 Å². The molecule has 1 unspecified atom stereocenters. The second kappa shape index (κ2) is 5.72. The third kappa shape index (κ3) is 2.79. The van der Waals surface area contributed by atoms with Crippen molar-refractivity contribution in [2.24, 2.45) is 0 Å². The van der Waals surface area contributed by atoms with Crippen LogP contribution in [-0.2, 0) is 13.1 Å². The first-order chi connectivity index (χ1) is 9.52. The van der Waals surface area contributed by atoms with Crippen LogP contribution in [0.5, 0.6) is 0 Å². The first-order valence-corrected chi connectivity index (χ1v) is 6.47. The topological polar surface area (TPSA) is 90.8 Å². The molecule has 0 bridgehead atoms. The van der Waals surface area contributed by atoms with Crippen molar-refractivity contribution >= 4 is 11.5 Å². The van der Waals surface area contributed by atoms with Gasteiger partial charge < -0.3 is 9.88 Å². The van der Waals surface area contributed by atoms with Gasteiger partial charge in [0.25, 0.3) is 0 Å². The molecule has 0 radical (unpaired) electrons. The summed E-state index contributed by atoms with van der Waals surface area (Å²) in [6.07, 6.45) is 5.28. The predicted molar refractivity (Wildman–Crippen MR) is 74.6 cm³/mol. The SMILES string of the molecule is CCn1nc(C)c([N+](=O)[O-])c1NC(C)Cn1ccnc1. The highest BCUT2D eigenvalue weighted by atomic mass is 16.6. The number of nitrogens with one attached hydrogen (secondary N) is 1. The van der Waals surface area contributed by atoms with E-state index in [9.17, 15) is 10.1 Å². The van der Waals surface area contributed by atoms with Crippen LogP contribution >= 0.6 is 0 Å². The van der Waals surface area contributed by atoms with E-state index < -0.39 is 0 Å². The number of rotatable bonds is 6. The standard InChI is InChI=1S/C12H18N6O2/c1-4-17-12(11(18(19)20)10(3)15-17)14-9(2)7-16-6-5-13-8-16/h5-6,8-9,14H,4,7H2,1-3H3. The van der Waals surface area contributed by atoms with Crippen LogP contribution in [-0.4, -0.2) is 30.3 Å². The molecular formula is C12H18N6O2. The summed E-state index contributed by atoms with van der Waals surface area (Å²) in [7, 11) is 0. The number of aryl methyl sites for hydroxylation is 2. The van der Waals surface area contributed by atoms with E-state index in [0.29, 0.717) is 24.6 Å². The van der Waals surface area contributed by atoms with E-state index in [2.05, 4.69) is 15.4 Å². The Morgan fingerprint density at radius 2 is 2.30 bits per heavy atom. The van der Waals surface area contributed by atoms with Crippen molar-refractivity contribution in [1.82, 2.24) is 19.3 Å². The Balaban J connectivity index is 2.21. The number of imidazole rings is 1. The van der Waals surface area contributed by atoms with Gasteiger partial charge >= 0.3 is 5.69 Å². The van der Waals surface area contributed by atoms with Gasteiger partial charge in [-0.3, -0.25) is 10.1 Å². The number of anilines is 1. The van der Waals surface area contributed by atoms with Crippen molar-refractivity contribution in [2.45, 2.75) is 39.9 Å². The third-order valence-electron chi connectivity index (χ3n) is 3.00. The second-order valence-corrected chi connectivity index (χ2v) is 4.66. The molecule has 20 heavy (non-hydrogen) atoms. The Morgan fingerprint density at radius 1 is 1.55 bits per heavy atom. The highest BCUT2D eigenvalue weighted by Gasteiger charge is 2.25. The summed E-state index contributed by atoms with van der Waals surface area (Å²) in [4.78, 5) is 14.8. The number of hydrogen-bond donors (Lipinski definition) is 1. The third-order valence-corrected chi connectivity index (χ3v) is 3.00. The summed E-state index contributed by atoms with van der Waals surface area (Å²) in [6.45, 7) is 6.77. The van der Waals surface area contributed by atoms with Gasteiger partial charge in [-0.05, 0) is 20.8 Å². The number of hydrogen-bond acceptors (Lipinski definition) is 5. The van der Waals surface area contributed by atoms with Crippen molar-refractivity contribution in [3.05, 3.63) is 34.5 Å². The molecule has 0 fully saturated rings. The summed E-state index contributed by atoms with van der Waals surface area (Å²) < 4.78 is 3.54. The minimum absolute atomic E-state index is 0.0179. The van der Waals surface area contributed by atoms with Crippen LogP contribution < -0.4 is 5.32 Å². The maximum absolute atomic E-state index is 11.2. The summed E-state index contributed by atoms with van der Waals surface area (Å²) in [6, 6.07) is 0.0179. The molecule has 0 saturated carbocycles. The van der Waals surface area contributed by atoms with Crippen LogP contribution in [0.25, 0.3) is 0 Å². The highest BCUT2D eigenvalue weighted by molar-refractivity contribution is 5.59. The lowest BCUT2D eigenvalue weighted by Crippen LogP contribution is -2.23. The molecule has 1 N–H and O–H groups in total. The molecule has 0 spiro atoms. The van der Waals surface area contributed by atoms with Crippen LogP contribution in [0.4, 0.5) is 11.5 Å². The Kier molecular flexibility index (Phi) is 4.02. The van der Waals surface area contributed by atoms with Gasteiger partial charge in [-0.25, -0.2) is 9.67 Å². The maximum atomic E-state index is 11.2. The molecule has 1 atom stereocenters. The van der Waals surface area contributed by atoms with E-state index in [0.717, 1.165) is 0 Å². The summed E-state index contributed by atoms with van der Waals surface area (Å²) in [5.41, 5.74) is 0.471. The van der Waals surface area contributed by atoms with Crippen LogP contribution in [0.15, 0.2) is 18.7 Å². The van der Waals surface area contributed by atoms with Gasteiger partial charge in [0.15, 0.2) is 0 Å². The normalized spacial score (nSPS) is 12.3. The maximum Gasteiger partial charge on any atom is 0.333 e. The predicted octanol–water partition coefficient (Wildman–Crippen LogP) is 1.82. The molecule has 0 aromatic carbocycles. The van der Waals surface area contributed by atoms with E-state index in [1.807, 2.05) is 24.6 Å². The number of nitrogens with zero attached hydrogens (tertiary/aromatic N) is 5. The van der Waals surface area contributed by atoms with Crippen LogP contribution in [0.2, 0.25) is 0 Å². The van der Waals surface area contributed by atoms with Gasteiger partial charge in [0.1, 0.15) is 5.69 Å². The molecule has 8 heteroatoms. The second-order valence-electron chi connectivity index (χ2n) is 4.66. The molecule has 0 amide bonds. The molecule has 0 aliphatic carbocycles. The Morgan fingerprint density at radius 3 is 2.85 bits per heavy atom. The quantitative estimate of drug-likeness (QED) is 0.643. The van der Waals surface area contributed by atoms with E-state index in [1.165, 1.54) is 0 Å². The van der Waals surface area contributed by atoms with E-state index in [1.54, 1.807) is 24.1 Å². The Hall–Kier alpha value is -2.38. The van der Waals surface area contributed by atoms with Gasteiger partial charge in [0.2, 0.25) is 5.82 Å². The minimum Gasteiger partial charge on any atom is -0.360 e. The number of nitro groups is 1. The van der Waals surface area contributed by atoms with E-state index in [4.69, 9.17) is 0 Å². The molecule has 2 heterocycles. The van der Waals surface area contributed by atoms with Gasteiger partial charge in [0, 0.05) is 31.5 Å². The van der Waals surface area contributed by atoms with Crippen molar-refractivity contribution in [1.29, 1.82) is 0 Å². The first-order valence-electron chi connectivity index (χ1n) is 6.47. The molecule has 2 aromatic heterocycles. The van der Waals surface area contributed by atoms with Crippen LogP contribution in [0.3, 0.4) is 0 Å². The molecule has 2 aromatic rings. The zero-order valence-electron chi connectivity index (χ0n) is 11.8. The molecule has 0 saturated heterocycles. The fourth-order valence-electron chi connectivity index (χ4n) is 2.15. The lowest BCUT2D eigenvalue weighted by molar-refractivity contribution is -0.384. The molecule has 8 nitrogen and oxygen atoms in total. The van der Waals surface area contributed by atoms with Crippen molar-refractivity contribution in [3.63, 3.8) is 0 Å².